The van der Waals surface area contributed by atoms with Crippen LogP contribution in [0.4, 0.5) is 24.5 Å². The molecule has 3 N–H and O–H groups in total. The monoisotopic (exact) mass is 274 g/mol. The second-order valence-electron chi connectivity index (χ2n) is 4.69. The van der Waals surface area contributed by atoms with Gasteiger partial charge in [-0.25, -0.2) is 0 Å². The minimum absolute atomic E-state index is 0.120. The van der Waals surface area contributed by atoms with Crippen molar-refractivity contribution in [1.29, 1.82) is 0 Å². The van der Waals surface area contributed by atoms with Crippen molar-refractivity contribution in [3.05, 3.63) is 23.8 Å². The Balaban J connectivity index is 1.96. The van der Waals surface area contributed by atoms with Gasteiger partial charge in [0.05, 0.1) is 23.0 Å². The number of benzene rings is 1. The van der Waals surface area contributed by atoms with E-state index in [9.17, 15) is 13.2 Å². The summed E-state index contributed by atoms with van der Waals surface area (Å²) in [6, 6.07) is 3.60. The van der Waals surface area contributed by atoms with E-state index in [0.717, 1.165) is 25.0 Å². The molecule has 0 atom stereocenters. The van der Waals surface area contributed by atoms with E-state index >= 15 is 0 Å². The summed E-state index contributed by atoms with van der Waals surface area (Å²) < 4.78 is 42.9. The summed E-state index contributed by atoms with van der Waals surface area (Å²) in [5, 5.41) is 3.14. The SMILES string of the molecule is CCOC1CC(Nc2ccc(C(F)(F)F)cc2N)C1. The van der Waals surface area contributed by atoms with Crippen molar-refractivity contribution in [2.24, 2.45) is 0 Å². The fraction of sp³-hybridized carbons (Fsp3) is 0.538. The average Bonchev–Trinajstić information content (AvgIpc) is 2.27. The first-order valence-corrected chi connectivity index (χ1v) is 6.25. The van der Waals surface area contributed by atoms with Gasteiger partial charge in [-0.1, -0.05) is 0 Å². The molecule has 0 radical (unpaired) electrons. The summed E-state index contributed by atoms with van der Waals surface area (Å²) in [5.74, 6) is 0. The van der Waals surface area contributed by atoms with Crippen molar-refractivity contribution < 1.29 is 17.9 Å². The normalized spacial score (nSPS) is 22.9. The predicted molar refractivity (Wildman–Crippen MR) is 67.9 cm³/mol. The van der Waals surface area contributed by atoms with E-state index in [2.05, 4.69) is 5.32 Å². The summed E-state index contributed by atoms with van der Waals surface area (Å²) in [7, 11) is 0. The van der Waals surface area contributed by atoms with Gasteiger partial charge in [-0.3, -0.25) is 0 Å². The number of alkyl halides is 3. The van der Waals surface area contributed by atoms with Gasteiger partial charge >= 0.3 is 6.18 Å². The highest BCUT2D eigenvalue weighted by atomic mass is 19.4. The van der Waals surface area contributed by atoms with E-state index in [1.807, 2.05) is 6.92 Å². The van der Waals surface area contributed by atoms with Gasteiger partial charge in [0, 0.05) is 12.6 Å². The molecule has 0 saturated heterocycles. The number of hydrogen-bond donors (Lipinski definition) is 2. The van der Waals surface area contributed by atoms with Gasteiger partial charge in [0.15, 0.2) is 0 Å². The van der Waals surface area contributed by atoms with Crippen LogP contribution in [0.25, 0.3) is 0 Å². The molecule has 1 aromatic carbocycles. The minimum Gasteiger partial charge on any atom is -0.397 e. The third kappa shape index (κ3) is 3.32. The minimum atomic E-state index is -4.36. The van der Waals surface area contributed by atoms with E-state index in [-0.39, 0.29) is 17.8 Å². The van der Waals surface area contributed by atoms with Crippen molar-refractivity contribution in [3.63, 3.8) is 0 Å². The van der Waals surface area contributed by atoms with E-state index in [1.54, 1.807) is 0 Å². The Kier molecular flexibility index (Phi) is 3.89. The van der Waals surface area contributed by atoms with Crippen LogP contribution in [0.3, 0.4) is 0 Å². The number of nitrogens with one attached hydrogen (secondary N) is 1. The average molecular weight is 274 g/mol. The van der Waals surface area contributed by atoms with Crippen LogP contribution < -0.4 is 11.1 Å². The highest BCUT2D eigenvalue weighted by Crippen LogP contribution is 2.34. The van der Waals surface area contributed by atoms with Crippen LogP contribution in [0, 0.1) is 0 Å². The van der Waals surface area contributed by atoms with E-state index in [4.69, 9.17) is 10.5 Å². The van der Waals surface area contributed by atoms with Crippen LogP contribution in [0.15, 0.2) is 18.2 Å². The van der Waals surface area contributed by atoms with Gasteiger partial charge in [0.1, 0.15) is 0 Å². The van der Waals surface area contributed by atoms with Gasteiger partial charge in [0.25, 0.3) is 0 Å². The lowest BCUT2D eigenvalue weighted by Crippen LogP contribution is -2.40. The molecule has 1 fully saturated rings. The molecule has 0 bridgehead atoms. The van der Waals surface area contributed by atoms with Crippen molar-refractivity contribution in [3.8, 4) is 0 Å². The zero-order valence-corrected chi connectivity index (χ0v) is 10.6. The molecule has 0 spiro atoms. The van der Waals surface area contributed by atoms with Crippen LogP contribution in [-0.4, -0.2) is 18.8 Å². The quantitative estimate of drug-likeness (QED) is 0.828. The Morgan fingerprint density at radius 2 is 2.05 bits per heavy atom. The predicted octanol–water partition coefficient (Wildman–Crippen LogP) is 3.27. The number of rotatable bonds is 4. The maximum Gasteiger partial charge on any atom is 0.416 e. The van der Waals surface area contributed by atoms with Gasteiger partial charge in [0.2, 0.25) is 0 Å². The molecular weight excluding hydrogens is 257 g/mol. The van der Waals surface area contributed by atoms with E-state index < -0.39 is 11.7 Å². The first-order valence-electron chi connectivity index (χ1n) is 6.25. The zero-order valence-electron chi connectivity index (χ0n) is 10.6. The van der Waals surface area contributed by atoms with Crippen LogP contribution in [0.5, 0.6) is 0 Å². The van der Waals surface area contributed by atoms with Gasteiger partial charge in [-0.05, 0) is 38.0 Å². The Morgan fingerprint density at radius 1 is 1.37 bits per heavy atom. The Morgan fingerprint density at radius 3 is 2.58 bits per heavy atom. The summed E-state index contributed by atoms with van der Waals surface area (Å²) in [6.07, 6.45) is -2.40. The smallest absolute Gasteiger partial charge is 0.397 e. The maximum absolute atomic E-state index is 12.5. The molecule has 2 rings (SSSR count). The van der Waals surface area contributed by atoms with Crippen molar-refractivity contribution in [2.75, 3.05) is 17.7 Å². The molecule has 0 aliphatic heterocycles. The molecule has 0 amide bonds. The number of halogens is 3. The van der Waals surface area contributed by atoms with E-state index in [1.165, 1.54) is 6.07 Å². The van der Waals surface area contributed by atoms with Crippen LogP contribution in [0.2, 0.25) is 0 Å². The molecule has 0 heterocycles. The lowest BCUT2D eigenvalue weighted by atomic mass is 9.89. The van der Waals surface area contributed by atoms with E-state index in [0.29, 0.717) is 12.3 Å². The highest BCUT2D eigenvalue weighted by molar-refractivity contribution is 5.67. The zero-order chi connectivity index (χ0) is 14.0. The van der Waals surface area contributed by atoms with Crippen LogP contribution in [-0.2, 0) is 10.9 Å². The lowest BCUT2D eigenvalue weighted by Gasteiger charge is -2.36. The molecule has 1 aromatic rings. The van der Waals surface area contributed by atoms with Crippen molar-refractivity contribution >= 4 is 11.4 Å². The molecule has 1 aliphatic rings. The first kappa shape index (κ1) is 14.0. The molecule has 0 unspecified atom stereocenters. The molecule has 6 heteroatoms. The molecule has 19 heavy (non-hydrogen) atoms. The Bertz CT molecular complexity index is 442. The highest BCUT2D eigenvalue weighted by Gasteiger charge is 2.32. The standard InChI is InChI=1S/C13H17F3N2O/c1-2-19-10-6-9(7-10)18-12-4-3-8(5-11(12)17)13(14,15)16/h3-5,9-10,18H,2,6-7,17H2,1H3. The number of nitrogen functional groups attached to an aromatic ring is 1. The largest absolute Gasteiger partial charge is 0.416 e. The number of nitrogens with two attached hydrogens (primary N) is 1. The second-order valence-corrected chi connectivity index (χ2v) is 4.69. The third-order valence-electron chi connectivity index (χ3n) is 3.24. The summed E-state index contributed by atoms with van der Waals surface area (Å²) >= 11 is 0. The van der Waals surface area contributed by atoms with Crippen LogP contribution in [0.1, 0.15) is 25.3 Å². The topological polar surface area (TPSA) is 47.3 Å². The molecule has 1 aliphatic carbocycles. The first-order chi connectivity index (χ1) is 8.90. The van der Waals surface area contributed by atoms with Gasteiger partial charge < -0.3 is 15.8 Å². The van der Waals surface area contributed by atoms with Crippen molar-refractivity contribution in [2.45, 2.75) is 38.1 Å². The van der Waals surface area contributed by atoms with Gasteiger partial charge in [-0.15, -0.1) is 0 Å². The number of hydrogen-bond acceptors (Lipinski definition) is 3. The molecule has 1 saturated carbocycles. The summed E-state index contributed by atoms with van der Waals surface area (Å²) in [6.45, 7) is 2.62. The second kappa shape index (κ2) is 5.28. The van der Waals surface area contributed by atoms with Crippen LogP contribution >= 0.6 is 0 Å². The summed E-state index contributed by atoms with van der Waals surface area (Å²) in [5.41, 5.74) is 5.59. The lowest BCUT2D eigenvalue weighted by molar-refractivity contribution is -0.137. The fourth-order valence-corrected chi connectivity index (χ4v) is 2.15. The molecule has 3 nitrogen and oxygen atoms in total. The number of ether oxygens (including phenoxy) is 1. The third-order valence-corrected chi connectivity index (χ3v) is 3.24. The molecule has 106 valence electrons. The number of anilines is 2. The van der Waals surface area contributed by atoms with Crippen molar-refractivity contribution in [1.82, 2.24) is 0 Å². The fourth-order valence-electron chi connectivity index (χ4n) is 2.15. The Labute approximate surface area is 109 Å². The Hall–Kier alpha value is -1.43. The van der Waals surface area contributed by atoms with Gasteiger partial charge in [-0.2, -0.15) is 13.2 Å². The maximum atomic E-state index is 12.5. The summed E-state index contributed by atoms with van der Waals surface area (Å²) in [4.78, 5) is 0. The molecule has 0 aromatic heterocycles. The molecular formula is C13H17F3N2O.